The summed E-state index contributed by atoms with van der Waals surface area (Å²) in [7, 11) is 1.59. The van der Waals surface area contributed by atoms with Crippen LogP contribution in [0.1, 0.15) is 28.2 Å². The van der Waals surface area contributed by atoms with Gasteiger partial charge in [-0.3, -0.25) is 4.79 Å². The minimum atomic E-state index is -0.190. The van der Waals surface area contributed by atoms with Gasteiger partial charge in [-0.1, -0.05) is 11.6 Å². The van der Waals surface area contributed by atoms with Gasteiger partial charge in [0.1, 0.15) is 0 Å². The molecule has 2 aromatic rings. The lowest BCUT2D eigenvalue weighted by atomic mass is 10.1. The van der Waals surface area contributed by atoms with Gasteiger partial charge in [0.25, 0.3) is 5.91 Å². The Morgan fingerprint density at radius 3 is 2.75 bits per heavy atom. The molecular weight excluding hydrogens is 360 g/mol. The molecule has 0 bridgehead atoms. The van der Waals surface area contributed by atoms with Crippen molar-refractivity contribution in [1.29, 1.82) is 0 Å². The fourth-order valence-electron chi connectivity index (χ4n) is 1.80. The Bertz CT molecular complexity index is 629. The molecule has 2 N–H and O–H groups in total. The van der Waals surface area contributed by atoms with Crippen LogP contribution >= 0.6 is 38.9 Å². The van der Waals surface area contributed by atoms with Crippen molar-refractivity contribution in [3.8, 4) is 0 Å². The predicted molar refractivity (Wildman–Crippen MR) is 88.9 cm³/mol. The maximum Gasteiger partial charge on any atom is 0.252 e. The minimum Gasteiger partial charge on any atom is -0.378 e. The van der Waals surface area contributed by atoms with Crippen molar-refractivity contribution >= 4 is 50.5 Å². The van der Waals surface area contributed by atoms with Gasteiger partial charge in [0.05, 0.1) is 16.6 Å². The lowest BCUT2D eigenvalue weighted by Gasteiger charge is -2.15. The van der Waals surface area contributed by atoms with E-state index in [0.29, 0.717) is 10.6 Å². The van der Waals surface area contributed by atoms with Crippen LogP contribution in [0.4, 0.5) is 5.69 Å². The molecule has 0 saturated carbocycles. The van der Waals surface area contributed by atoms with E-state index in [1.807, 2.05) is 11.4 Å². The second-order valence-corrected chi connectivity index (χ2v) is 6.57. The molecule has 106 valence electrons. The van der Waals surface area contributed by atoms with Gasteiger partial charge in [0, 0.05) is 27.5 Å². The summed E-state index contributed by atoms with van der Waals surface area (Å²) in [5.41, 5.74) is 1.34. The molecule has 20 heavy (non-hydrogen) atoms. The van der Waals surface area contributed by atoms with Crippen molar-refractivity contribution < 1.29 is 4.79 Å². The number of thiophene rings is 1. The van der Waals surface area contributed by atoms with E-state index in [1.54, 1.807) is 30.5 Å². The molecule has 0 radical (unpaired) electrons. The van der Waals surface area contributed by atoms with Gasteiger partial charge in [-0.05, 0) is 47.1 Å². The molecule has 0 aliphatic carbocycles. The molecule has 0 aliphatic heterocycles. The van der Waals surface area contributed by atoms with Crippen molar-refractivity contribution in [2.75, 3.05) is 12.4 Å². The van der Waals surface area contributed by atoms with Crippen molar-refractivity contribution in [3.05, 3.63) is 49.6 Å². The number of amides is 1. The molecule has 0 saturated heterocycles. The molecule has 1 atom stereocenters. The first kappa shape index (κ1) is 15.4. The largest absolute Gasteiger partial charge is 0.378 e. The average molecular weight is 374 g/mol. The molecule has 2 rings (SSSR count). The number of anilines is 1. The number of carbonyl (C=O) groups excluding carboxylic acids is 1. The summed E-state index contributed by atoms with van der Waals surface area (Å²) in [5.74, 6) is -0.190. The number of hydrogen-bond acceptors (Lipinski definition) is 3. The molecule has 3 nitrogen and oxygen atoms in total. The Balaban J connectivity index is 2.19. The Kier molecular flexibility index (Phi) is 5.07. The van der Waals surface area contributed by atoms with Gasteiger partial charge in [0.2, 0.25) is 0 Å². The zero-order valence-electron chi connectivity index (χ0n) is 11.0. The van der Waals surface area contributed by atoms with E-state index < -0.39 is 0 Å². The second-order valence-electron chi connectivity index (χ2n) is 4.31. The normalized spacial score (nSPS) is 12.0. The van der Waals surface area contributed by atoms with E-state index in [0.717, 1.165) is 10.2 Å². The number of benzene rings is 1. The Labute approximate surface area is 135 Å². The fraction of sp³-hybridized carbons (Fsp3) is 0.214. The van der Waals surface area contributed by atoms with E-state index in [2.05, 4.69) is 39.6 Å². The molecule has 0 aliphatic rings. The van der Waals surface area contributed by atoms with Crippen LogP contribution in [0.25, 0.3) is 0 Å². The van der Waals surface area contributed by atoms with Gasteiger partial charge in [-0.2, -0.15) is 0 Å². The van der Waals surface area contributed by atoms with Crippen LogP contribution in [-0.4, -0.2) is 13.0 Å². The van der Waals surface area contributed by atoms with Gasteiger partial charge < -0.3 is 10.6 Å². The molecule has 1 heterocycles. The molecule has 1 aromatic heterocycles. The molecule has 1 amide bonds. The van der Waals surface area contributed by atoms with Crippen molar-refractivity contribution in [3.63, 3.8) is 0 Å². The third-order valence-electron chi connectivity index (χ3n) is 2.84. The van der Waals surface area contributed by atoms with Gasteiger partial charge in [-0.25, -0.2) is 0 Å². The third kappa shape index (κ3) is 3.53. The summed E-state index contributed by atoms with van der Waals surface area (Å²) in [4.78, 5) is 12.9. The highest BCUT2D eigenvalue weighted by atomic mass is 79.9. The van der Waals surface area contributed by atoms with Crippen molar-refractivity contribution in [2.45, 2.75) is 13.0 Å². The number of nitrogens with one attached hydrogen (secondary N) is 2. The second kappa shape index (κ2) is 6.61. The Morgan fingerprint density at radius 1 is 1.40 bits per heavy atom. The summed E-state index contributed by atoms with van der Waals surface area (Å²) in [6.07, 6.45) is 0. The van der Waals surface area contributed by atoms with Crippen molar-refractivity contribution in [1.82, 2.24) is 5.32 Å². The first-order valence-electron chi connectivity index (χ1n) is 6.03. The summed E-state index contributed by atoms with van der Waals surface area (Å²) in [5, 5.41) is 8.44. The molecule has 0 fully saturated rings. The van der Waals surface area contributed by atoms with E-state index in [-0.39, 0.29) is 11.9 Å². The third-order valence-corrected chi connectivity index (χ3v) is 5.04. The standard InChI is InChI=1S/C14H14BrClN2OS/c1-8(13-5-9(15)7-20-13)18-10-3-4-12(16)11(6-10)14(19)17-2/h3-8,18H,1-2H3,(H,17,19). The van der Waals surface area contributed by atoms with Gasteiger partial charge in [-0.15, -0.1) is 11.3 Å². The van der Waals surface area contributed by atoms with Crippen LogP contribution < -0.4 is 10.6 Å². The van der Waals surface area contributed by atoms with Crippen LogP contribution in [0.2, 0.25) is 5.02 Å². The lowest BCUT2D eigenvalue weighted by Crippen LogP contribution is -2.18. The van der Waals surface area contributed by atoms with E-state index in [9.17, 15) is 4.79 Å². The SMILES string of the molecule is CNC(=O)c1cc(NC(C)c2cc(Br)cs2)ccc1Cl. The average Bonchev–Trinajstić information content (AvgIpc) is 2.87. The number of hydrogen-bond donors (Lipinski definition) is 2. The summed E-state index contributed by atoms with van der Waals surface area (Å²) >= 11 is 11.2. The number of rotatable bonds is 4. The van der Waals surface area contributed by atoms with Crippen LogP contribution in [0.5, 0.6) is 0 Å². The maximum absolute atomic E-state index is 11.7. The highest BCUT2D eigenvalue weighted by molar-refractivity contribution is 9.10. The van der Waals surface area contributed by atoms with E-state index in [1.165, 1.54) is 4.88 Å². The topological polar surface area (TPSA) is 41.1 Å². The number of carbonyl (C=O) groups is 1. The summed E-state index contributed by atoms with van der Waals surface area (Å²) in [6, 6.07) is 7.60. The molecular formula is C14H14BrClN2OS. The van der Waals surface area contributed by atoms with Crippen LogP contribution in [0.15, 0.2) is 34.1 Å². The van der Waals surface area contributed by atoms with Crippen LogP contribution in [0.3, 0.4) is 0 Å². The first-order valence-corrected chi connectivity index (χ1v) is 8.08. The molecule has 0 spiro atoms. The predicted octanol–water partition coefficient (Wildman–Crippen LogP) is 4.70. The highest BCUT2D eigenvalue weighted by Crippen LogP contribution is 2.29. The number of halogens is 2. The monoisotopic (exact) mass is 372 g/mol. The minimum absolute atomic E-state index is 0.157. The molecule has 1 aromatic carbocycles. The summed E-state index contributed by atoms with van der Waals surface area (Å²) in [6.45, 7) is 2.08. The van der Waals surface area contributed by atoms with E-state index >= 15 is 0 Å². The quantitative estimate of drug-likeness (QED) is 0.816. The zero-order chi connectivity index (χ0) is 14.7. The lowest BCUT2D eigenvalue weighted by molar-refractivity contribution is 0.0963. The smallest absolute Gasteiger partial charge is 0.252 e. The van der Waals surface area contributed by atoms with Crippen molar-refractivity contribution in [2.24, 2.45) is 0 Å². The molecule has 1 unspecified atom stereocenters. The fourth-order valence-corrected chi connectivity index (χ4v) is 3.46. The zero-order valence-corrected chi connectivity index (χ0v) is 14.2. The maximum atomic E-state index is 11.7. The van der Waals surface area contributed by atoms with Crippen LogP contribution in [0, 0.1) is 0 Å². The highest BCUT2D eigenvalue weighted by Gasteiger charge is 2.12. The summed E-state index contributed by atoms with van der Waals surface area (Å²) < 4.78 is 1.08. The Hall–Kier alpha value is -1.04. The van der Waals surface area contributed by atoms with Gasteiger partial charge >= 0.3 is 0 Å². The van der Waals surface area contributed by atoms with E-state index in [4.69, 9.17) is 11.6 Å². The Morgan fingerprint density at radius 2 is 2.15 bits per heavy atom. The first-order chi connectivity index (χ1) is 9.51. The molecule has 6 heteroatoms. The van der Waals surface area contributed by atoms with Gasteiger partial charge in [0.15, 0.2) is 0 Å². The van der Waals surface area contributed by atoms with Crippen LogP contribution in [-0.2, 0) is 0 Å².